The summed E-state index contributed by atoms with van der Waals surface area (Å²) in [6, 6.07) is 4.23. The molecule has 0 saturated heterocycles. The van der Waals surface area contributed by atoms with Crippen molar-refractivity contribution in [1.29, 1.82) is 0 Å². The molecule has 26 heavy (non-hydrogen) atoms. The van der Waals surface area contributed by atoms with Crippen molar-refractivity contribution in [2.24, 2.45) is 0 Å². The van der Waals surface area contributed by atoms with Crippen LogP contribution in [0.15, 0.2) is 24.4 Å². The molecule has 3 rings (SSSR count). The predicted octanol–water partition coefficient (Wildman–Crippen LogP) is 2.87. The number of halogens is 1. The number of methoxy groups -OCH3 is 1. The van der Waals surface area contributed by atoms with Crippen LogP contribution in [0.25, 0.3) is 0 Å². The van der Waals surface area contributed by atoms with Crippen molar-refractivity contribution >= 4 is 17.5 Å². The van der Waals surface area contributed by atoms with Gasteiger partial charge in [0.2, 0.25) is 0 Å². The Balaban J connectivity index is 1.74. The molecule has 0 atom stereocenters. The number of hydrogen-bond acceptors (Lipinski definition) is 4. The van der Waals surface area contributed by atoms with Gasteiger partial charge in [-0.3, -0.25) is 14.7 Å². The molecule has 0 bridgehead atoms. The summed E-state index contributed by atoms with van der Waals surface area (Å²) in [6.45, 7) is 0. The van der Waals surface area contributed by atoms with Gasteiger partial charge < -0.3 is 15.4 Å². The summed E-state index contributed by atoms with van der Waals surface area (Å²) in [6.07, 6.45) is 6.56. The van der Waals surface area contributed by atoms with E-state index in [-0.39, 0.29) is 34.6 Å². The van der Waals surface area contributed by atoms with E-state index in [1.54, 1.807) is 0 Å². The Labute approximate surface area is 150 Å². The lowest BCUT2D eigenvalue weighted by molar-refractivity contribution is 0.0923. The number of rotatable bonds is 5. The van der Waals surface area contributed by atoms with Gasteiger partial charge in [-0.05, 0) is 25.0 Å². The summed E-state index contributed by atoms with van der Waals surface area (Å²) < 4.78 is 19.1. The van der Waals surface area contributed by atoms with Crippen LogP contribution in [0, 0.1) is 5.82 Å². The second-order valence-electron chi connectivity index (χ2n) is 6.24. The summed E-state index contributed by atoms with van der Waals surface area (Å²) in [7, 11) is 1.35. The third-order valence-electron chi connectivity index (χ3n) is 4.48. The summed E-state index contributed by atoms with van der Waals surface area (Å²) >= 11 is 0. The van der Waals surface area contributed by atoms with Gasteiger partial charge in [0.05, 0.1) is 19.0 Å². The number of H-pyrrole nitrogens is 1. The Morgan fingerprint density at radius 3 is 2.73 bits per heavy atom. The second kappa shape index (κ2) is 7.99. The number of amides is 2. The van der Waals surface area contributed by atoms with Crippen molar-refractivity contribution in [3.63, 3.8) is 0 Å². The third-order valence-corrected chi connectivity index (χ3v) is 4.48. The van der Waals surface area contributed by atoms with Crippen molar-refractivity contribution < 1.29 is 18.7 Å². The highest BCUT2D eigenvalue weighted by Crippen LogP contribution is 2.23. The van der Waals surface area contributed by atoms with Gasteiger partial charge in [0.15, 0.2) is 0 Å². The summed E-state index contributed by atoms with van der Waals surface area (Å²) in [5.74, 6) is -1.66. The van der Waals surface area contributed by atoms with Crippen LogP contribution >= 0.6 is 0 Å². The SMILES string of the molecule is COc1cccc(F)c1C(=O)Nc1cn[nH]c1C(=O)NC1CCCCC1. The highest BCUT2D eigenvalue weighted by molar-refractivity contribution is 6.09. The van der Waals surface area contributed by atoms with Crippen LogP contribution in [-0.4, -0.2) is 35.2 Å². The van der Waals surface area contributed by atoms with E-state index in [1.165, 1.54) is 37.9 Å². The topological polar surface area (TPSA) is 96.1 Å². The Morgan fingerprint density at radius 2 is 2.00 bits per heavy atom. The number of anilines is 1. The van der Waals surface area contributed by atoms with Gasteiger partial charge in [0, 0.05) is 6.04 Å². The monoisotopic (exact) mass is 360 g/mol. The van der Waals surface area contributed by atoms with E-state index in [4.69, 9.17) is 4.74 Å². The molecule has 1 fully saturated rings. The first-order valence-electron chi connectivity index (χ1n) is 8.58. The number of ether oxygens (including phenoxy) is 1. The van der Waals surface area contributed by atoms with Gasteiger partial charge in [-0.1, -0.05) is 25.3 Å². The van der Waals surface area contributed by atoms with Crippen molar-refractivity contribution in [3.8, 4) is 5.75 Å². The normalized spacial score (nSPS) is 14.7. The smallest absolute Gasteiger partial charge is 0.271 e. The lowest BCUT2D eigenvalue weighted by atomic mass is 9.95. The number of carbonyl (C=O) groups is 2. The fraction of sp³-hybridized carbons (Fsp3) is 0.389. The van der Waals surface area contributed by atoms with Crippen LogP contribution in [0.1, 0.15) is 53.0 Å². The lowest BCUT2D eigenvalue weighted by Gasteiger charge is -2.22. The first-order chi connectivity index (χ1) is 12.6. The molecule has 1 heterocycles. The number of nitrogens with one attached hydrogen (secondary N) is 3. The minimum atomic E-state index is -0.715. The minimum absolute atomic E-state index is 0.110. The average molecular weight is 360 g/mol. The Kier molecular flexibility index (Phi) is 5.50. The van der Waals surface area contributed by atoms with Gasteiger partial charge in [-0.2, -0.15) is 5.10 Å². The molecule has 1 saturated carbocycles. The van der Waals surface area contributed by atoms with Crippen LogP contribution in [-0.2, 0) is 0 Å². The largest absolute Gasteiger partial charge is 0.496 e. The molecular formula is C18H21FN4O3. The molecule has 0 radical (unpaired) electrons. The molecule has 1 aliphatic rings. The fourth-order valence-electron chi connectivity index (χ4n) is 3.14. The van der Waals surface area contributed by atoms with Crippen LogP contribution in [0.3, 0.4) is 0 Å². The third kappa shape index (κ3) is 3.84. The Morgan fingerprint density at radius 1 is 1.23 bits per heavy atom. The zero-order chi connectivity index (χ0) is 18.5. The molecule has 0 spiro atoms. The average Bonchev–Trinajstić information content (AvgIpc) is 3.10. The molecule has 0 unspecified atom stereocenters. The second-order valence-corrected chi connectivity index (χ2v) is 6.24. The van der Waals surface area contributed by atoms with Gasteiger partial charge in [0.1, 0.15) is 22.8 Å². The maximum absolute atomic E-state index is 14.0. The van der Waals surface area contributed by atoms with Crippen LogP contribution in [0.2, 0.25) is 0 Å². The molecule has 2 aromatic rings. The first kappa shape index (κ1) is 17.9. The van der Waals surface area contributed by atoms with Gasteiger partial charge in [-0.15, -0.1) is 0 Å². The number of benzene rings is 1. The molecule has 138 valence electrons. The summed E-state index contributed by atoms with van der Waals surface area (Å²) in [4.78, 5) is 24.9. The van der Waals surface area contributed by atoms with Crippen molar-refractivity contribution in [2.75, 3.05) is 12.4 Å². The molecule has 0 aliphatic heterocycles. The van der Waals surface area contributed by atoms with E-state index in [9.17, 15) is 14.0 Å². The van der Waals surface area contributed by atoms with Gasteiger partial charge >= 0.3 is 0 Å². The van der Waals surface area contributed by atoms with Crippen LogP contribution in [0.4, 0.5) is 10.1 Å². The quantitative estimate of drug-likeness (QED) is 0.764. The molecule has 8 heteroatoms. The number of carbonyl (C=O) groups excluding carboxylic acids is 2. The molecule has 3 N–H and O–H groups in total. The summed E-state index contributed by atoms with van der Waals surface area (Å²) in [5, 5.41) is 11.9. The van der Waals surface area contributed by atoms with Gasteiger partial charge in [-0.25, -0.2) is 4.39 Å². The molecule has 1 aromatic carbocycles. The first-order valence-corrected chi connectivity index (χ1v) is 8.58. The van der Waals surface area contributed by atoms with Gasteiger partial charge in [0.25, 0.3) is 11.8 Å². The predicted molar refractivity (Wildman–Crippen MR) is 93.8 cm³/mol. The van der Waals surface area contributed by atoms with E-state index in [0.717, 1.165) is 25.7 Å². The number of aromatic amines is 1. The zero-order valence-electron chi connectivity index (χ0n) is 14.5. The van der Waals surface area contributed by atoms with E-state index >= 15 is 0 Å². The lowest BCUT2D eigenvalue weighted by Crippen LogP contribution is -2.36. The zero-order valence-corrected chi connectivity index (χ0v) is 14.5. The number of hydrogen-bond donors (Lipinski definition) is 3. The van der Waals surface area contributed by atoms with E-state index in [2.05, 4.69) is 20.8 Å². The number of nitrogens with zero attached hydrogens (tertiary/aromatic N) is 1. The highest BCUT2D eigenvalue weighted by atomic mass is 19.1. The number of aromatic nitrogens is 2. The Bertz CT molecular complexity index is 799. The molecule has 7 nitrogen and oxygen atoms in total. The van der Waals surface area contributed by atoms with Crippen molar-refractivity contribution in [1.82, 2.24) is 15.5 Å². The summed E-state index contributed by atoms with van der Waals surface area (Å²) in [5.41, 5.74) is 0.0997. The molecule has 1 aromatic heterocycles. The Hall–Kier alpha value is -2.90. The molecule has 1 aliphatic carbocycles. The maximum Gasteiger partial charge on any atom is 0.271 e. The molecular weight excluding hydrogens is 339 g/mol. The minimum Gasteiger partial charge on any atom is -0.496 e. The van der Waals surface area contributed by atoms with Crippen molar-refractivity contribution in [2.45, 2.75) is 38.1 Å². The fourth-order valence-corrected chi connectivity index (χ4v) is 3.14. The van der Waals surface area contributed by atoms with E-state index in [0.29, 0.717) is 0 Å². The maximum atomic E-state index is 14.0. The van der Waals surface area contributed by atoms with Crippen molar-refractivity contribution in [3.05, 3.63) is 41.5 Å². The van der Waals surface area contributed by atoms with Crippen LogP contribution < -0.4 is 15.4 Å². The standard InChI is InChI=1S/C18H21FN4O3/c1-26-14-9-5-8-12(19)15(14)17(24)22-13-10-20-23-16(13)18(25)21-11-6-3-2-4-7-11/h5,8-11H,2-4,6-7H2,1H3,(H,20,23)(H,21,25)(H,22,24). The van der Waals surface area contributed by atoms with E-state index < -0.39 is 11.7 Å². The van der Waals surface area contributed by atoms with E-state index in [1.807, 2.05) is 0 Å². The highest BCUT2D eigenvalue weighted by Gasteiger charge is 2.23. The molecule has 2 amide bonds. The van der Waals surface area contributed by atoms with Crippen LogP contribution in [0.5, 0.6) is 5.75 Å².